The number of halogens is 1. The van der Waals surface area contributed by atoms with Crippen molar-refractivity contribution in [3.05, 3.63) is 71.4 Å². The van der Waals surface area contributed by atoms with Crippen molar-refractivity contribution >= 4 is 22.4 Å². The van der Waals surface area contributed by atoms with Gasteiger partial charge in [-0.15, -0.1) is 11.3 Å². The van der Waals surface area contributed by atoms with Crippen molar-refractivity contribution in [3.63, 3.8) is 0 Å². The van der Waals surface area contributed by atoms with E-state index < -0.39 is 11.7 Å². The Morgan fingerprint density at radius 2 is 1.77 bits per heavy atom. The second-order valence-electron chi connectivity index (χ2n) is 4.46. The maximum atomic E-state index is 13.5. The van der Waals surface area contributed by atoms with Crippen LogP contribution in [0.5, 0.6) is 0 Å². The van der Waals surface area contributed by atoms with Crippen LogP contribution in [0.1, 0.15) is 10.4 Å². The molecule has 0 fully saturated rings. The average Bonchev–Trinajstić information content (AvgIpc) is 3.03. The van der Waals surface area contributed by atoms with Crippen molar-refractivity contribution in [2.75, 3.05) is 5.43 Å². The van der Waals surface area contributed by atoms with Gasteiger partial charge in [0.15, 0.2) is 0 Å². The number of nitrogens with zero attached hydrogens (tertiary/aromatic N) is 1. The van der Waals surface area contributed by atoms with Crippen molar-refractivity contribution in [2.45, 2.75) is 0 Å². The number of hydrazine groups is 1. The fourth-order valence-electron chi connectivity index (χ4n) is 1.90. The van der Waals surface area contributed by atoms with Gasteiger partial charge in [-0.05, 0) is 12.1 Å². The molecular formula is C16H12FN3OS. The lowest BCUT2D eigenvalue weighted by Crippen LogP contribution is -2.29. The van der Waals surface area contributed by atoms with E-state index in [2.05, 4.69) is 15.8 Å². The number of hydrogen-bond acceptors (Lipinski definition) is 4. The van der Waals surface area contributed by atoms with Crippen LogP contribution < -0.4 is 10.9 Å². The van der Waals surface area contributed by atoms with Crippen LogP contribution in [0.2, 0.25) is 0 Å². The molecule has 0 saturated carbocycles. The quantitative estimate of drug-likeness (QED) is 0.722. The molecule has 0 unspecified atom stereocenters. The number of anilines is 1. The monoisotopic (exact) mass is 313 g/mol. The van der Waals surface area contributed by atoms with E-state index in [1.165, 1.54) is 29.5 Å². The Morgan fingerprint density at radius 1 is 1.05 bits per heavy atom. The average molecular weight is 313 g/mol. The molecule has 1 aromatic heterocycles. The third-order valence-corrected chi connectivity index (χ3v) is 3.73. The number of hydrogen-bond donors (Lipinski definition) is 2. The first kappa shape index (κ1) is 14.2. The standard InChI is InChI=1S/C16H12FN3OS/c17-13-9-5-4-8-12(13)15(21)19-20-16-18-14(10-22-16)11-6-2-1-3-7-11/h1-10H,(H,18,20)(H,19,21). The summed E-state index contributed by atoms with van der Waals surface area (Å²) in [6.45, 7) is 0. The summed E-state index contributed by atoms with van der Waals surface area (Å²) < 4.78 is 13.5. The second kappa shape index (κ2) is 6.36. The summed E-state index contributed by atoms with van der Waals surface area (Å²) in [6.07, 6.45) is 0. The number of benzene rings is 2. The highest BCUT2D eigenvalue weighted by atomic mass is 32.1. The van der Waals surface area contributed by atoms with Crippen LogP contribution in [0, 0.1) is 5.82 Å². The van der Waals surface area contributed by atoms with Gasteiger partial charge in [0.1, 0.15) is 5.82 Å². The van der Waals surface area contributed by atoms with E-state index in [0.29, 0.717) is 5.13 Å². The Morgan fingerprint density at radius 3 is 2.55 bits per heavy atom. The summed E-state index contributed by atoms with van der Waals surface area (Å²) in [6, 6.07) is 15.5. The molecule has 0 saturated heterocycles. The van der Waals surface area contributed by atoms with E-state index in [1.54, 1.807) is 6.07 Å². The number of carbonyl (C=O) groups excluding carboxylic acids is 1. The van der Waals surface area contributed by atoms with Gasteiger partial charge in [0.05, 0.1) is 11.3 Å². The summed E-state index contributed by atoms with van der Waals surface area (Å²) in [5.41, 5.74) is 6.93. The molecule has 4 nitrogen and oxygen atoms in total. The van der Waals surface area contributed by atoms with Crippen LogP contribution in [-0.4, -0.2) is 10.9 Å². The summed E-state index contributed by atoms with van der Waals surface area (Å²) in [5.74, 6) is -1.11. The van der Waals surface area contributed by atoms with Crippen molar-refractivity contribution in [3.8, 4) is 11.3 Å². The Balaban J connectivity index is 1.67. The maximum Gasteiger partial charge on any atom is 0.272 e. The molecule has 2 N–H and O–H groups in total. The highest BCUT2D eigenvalue weighted by Crippen LogP contribution is 2.24. The van der Waals surface area contributed by atoms with Gasteiger partial charge in [0, 0.05) is 10.9 Å². The van der Waals surface area contributed by atoms with E-state index in [-0.39, 0.29) is 5.56 Å². The van der Waals surface area contributed by atoms with Crippen molar-refractivity contribution in [2.24, 2.45) is 0 Å². The van der Waals surface area contributed by atoms with Gasteiger partial charge in [0.2, 0.25) is 5.13 Å². The van der Waals surface area contributed by atoms with Crippen LogP contribution in [0.15, 0.2) is 60.0 Å². The Labute approximate surface area is 130 Å². The van der Waals surface area contributed by atoms with Gasteiger partial charge >= 0.3 is 0 Å². The zero-order chi connectivity index (χ0) is 15.4. The van der Waals surface area contributed by atoms with Crippen molar-refractivity contribution in [1.82, 2.24) is 10.4 Å². The summed E-state index contributed by atoms with van der Waals surface area (Å²) in [4.78, 5) is 16.2. The third kappa shape index (κ3) is 3.12. The second-order valence-corrected chi connectivity index (χ2v) is 5.32. The minimum absolute atomic E-state index is 0.0187. The smallest absolute Gasteiger partial charge is 0.272 e. The van der Waals surface area contributed by atoms with E-state index in [1.807, 2.05) is 35.7 Å². The first-order valence-corrected chi connectivity index (χ1v) is 7.44. The Kier molecular flexibility index (Phi) is 4.11. The number of carbonyl (C=O) groups is 1. The minimum Gasteiger partial charge on any atom is -0.273 e. The number of thiazole rings is 1. The van der Waals surface area contributed by atoms with Gasteiger partial charge in [-0.3, -0.25) is 15.6 Å². The fourth-order valence-corrected chi connectivity index (χ4v) is 2.57. The summed E-state index contributed by atoms with van der Waals surface area (Å²) in [7, 11) is 0. The lowest BCUT2D eigenvalue weighted by atomic mass is 10.2. The van der Waals surface area contributed by atoms with E-state index in [0.717, 1.165) is 11.3 Å². The molecule has 0 aliphatic rings. The van der Waals surface area contributed by atoms with Gasteiger partial charge in [-0.1, -0.05) is 42.5 Å². The topological polar surface area (TPSA) is 54.0 Å². The van der Waals surface area contributed by atoms with Crippen LogP contribution in [0.25, 0.3) is 11.3 Å². The molecule has 1 amide bonds. The van der Waals surface area contributed by atoms with Crippen LogP contribution in [0.3, 0.4) is 0 Å². The van der Waals surface area contributed by atoms with Crippen LogP contribution >= 0.6 is 11.3 Å². The Hall–Kier alpha value is -2.73. The number of amides is 1. The molecule has 1 heterocycles. The SMILES string of the molecule is O=C(NNc1nc(-c2ccccc2)cs1)c1ccccc1F. The fraction of sp³-hybridized carbons (Fsp3) is 0. The molecule has 0 aliphatic heterocycles. The molecule has 0 atom stereocenters. The minimum atomic E-state index is -0.564. The van der Waals surface area contributed by atoms with Gasteiger partial charge in [-0.2, -0.15) is 0 Å². The molecule has 110 valence electrons. The normalized spacial score (nSPS) is 10.2. The van der Waals surface area contributed by atoms with Crippen LogP contribution in [0.4, 0.5) is 9.52 Å². The van der Waals surface area contributed by atoms with Gasteiger partial charge < -0.3 is 0 Å². The summed E-state index contributed by atoms with van der Waals surface area (Å²) in [5, 5.41) is 2.41. The molecule has 3 aromatic rings. The number of nitrogens with one attached hydrogen (secondary N) is 2. The van der Waals surface area contributed by atoms with Crippen LogP contribution in [-0.2, 0) is 0 Å². The molecular weight excluding hydrogens is 301 g/mol. The largest absolute Gasteiger partial charge is 0.273 e. The summed E-state index contributed by atoms with van der Waals surface area (Å²) >= 11 is 1.36. The van der Waals surface area contributed by atoms with E-state index in [9.17, 15) is 9.18 Å². The third-order valence-electron chi connectivity index (χ3n) is 2.98. The first-order chi connectivity index (χ1) is 10.7. The Bertz CT molecular complexity index is 789. The highest BCUT2D eigenvalue weighted by molar-refractivity contribution is 7.14. The number of rotatable bonds is 4. The molecule has 2 aromatic carbocycles. The predicted octanol–water partition coefficient (Wildman–Crippen LogP) is 3.71. The molecule has 22 heavy (non-hydrogen) atoms. The molecule has 0 bridgehead atoms. The predicted molar refractivity (Wildman–Crippen MR) is 85.0 cm³/mol. The van der Waals surface area contributed by atoms with E-state index in [4.69, 9.17) is 0 Å². The molecule has 0 aliphatic carbocycles. The zero-order valence-corrected chi connectivity index (χ0v) is 12.2. The molecule has 3 rings (SSSR count). The highest BCUT2D eigenvalue weighted by Gasteiger charge is 2.11. The van der Waals surface area contributed by atoms with E-state index >= 15 is 0 Å². The molecule has 0 spiro atoms. The first-order valence-electron chi connectivity index (χ1n) is 6.56. The maximum absolute atomic E-state index is 13.5. The molecule has 6 heteroatoms. The van der Waals surface area contributed by atoms with Gasteiger partial charge in [-0.25, -0.2) is 9.37 Å². The van der Waals surface area contributed by atoms with Gasteiger partial charge in [0.25, 0.3) is 5.91 Å². The van der Waals surface area contributed by atoms with Crippen molar-refractivity contribution in [1.29, 1.82) is 0 Å². The lowest BCUT2D eigenvalue weighted by molar-refractivity contribution is 0.0958. The molecule has 0 radical (unpaired) electrons. The number of aromatic nitrogens is 1. The van der Waals surface area contributed by atoms with Crippen molar-refractivity contribution < 1.29 is 9.18 Å². The zero-order valence-electron chi connectivity index (χ0n) is 11.4. The lowest BCUT2D eigenvalue weighted by Gasteiger charge is -2.06.